The first kappa shape index (κ1) is 22.5. The standard InChI is InChI=1S/C21H28N10O2S/c1-14-12-30(9-10-31(14)18-17-19(34-13-24-17)27-20(22)26-18)33-21(32)25-16-4-3-15(11-23-16)29-7-5-28(2)6-8-29/h3-4,11,13-14H,5-10,12H2,1-2H3,(H2,22,26,27)(H,23,25,32)/t14-/m0/s1. The first-order valence-electron chi connectivity index (χ1n) is 11.2. The number of nitrogens with zero attached hydrogens (tertiary/aromatic N) is 8. The van der Waals surface area contributed by atoms with Crippen LogP contribution in [-0.2, 0) is 4.84 Å². The summed E-state index contributed by atoms with van der Waals surface area (Å²) in [6.07, 6.45) is 1.22. The summed E-state index contributed by atoms with van der Waals surface area (Å²) in [4.78, 5) is 42.9. The minimum atomic E-state index is -0.561. The van der Waals surface area contributed by atoms with Crippen LogP contribution in [0.5, 0.6) is 0 Å². The van der Waals surface area contributed by atoms with Crippen molar-refractivity contribution in [2.24, 2.45) is 0 Å². The molecule has 0 saturated carbocycles. The zero-order chi connectivity index (χ0) is 23.7. The zero-order valence-corrected chi connectivity index (χ0v) is 20.0. The summed E-state index contributed by atoms with van der Waals surface area (Å²) in [5, 5.41) is 4.36. The van der Waals surface area contributed by atoms with E-state index in [2.05, 4.69) is 47.0 Å². The van der Waals surface area contributed by atoms with E-state index in [0.717, 1.165) is 42.2 Å². The van der Waals surface area contributed by atoms with Crippen molar-refractivity contribution in [3.8, 4) is 0 Å². The van der Waals surface area contributed by atoms with Gasteiger partial charge in [0.25, 0.3) is 0 Å². The molecule has 0 aliphatic carbocycles. The molecular formula is C21H28N10O2S. The molecule has 13 heteroatoms. The maximum Gasteiger partial charge on any atom is 0.431 e. The molecule has 2 saturated heterocycles. The Bertz CT molecular complexity index is 1150. The molecule has 0 bridgehead atoms. The third-order valence-electron chi connectivity index (χ3n) is 6.12. The Labute approximate surface area is 201 Å². The van der Waals surface area contributed by atoms with E-state index in [1.54, 1.807) is 22.8 Å². The number of hydrogen-bond acceptors (Lipinski definition) is 12. The zero-order valence-electron chi connectivity index (χ0n) is 19.2. The second-order valence-electron chi connectivity index (χ2n) is 8.54. The van der Waals surface area contributed by atoms with Crippen molar-refractivity contribution < 1.29 is 9.63 Å². The number of amides is 1. The summed E-state index contributed by atoms with van der Waals surface area (Å²) in [6.45, 7) is 7.66. The number of nitrogens with one attached hydrogen (secondary N) is 1. The Morgan fingerprint density at radius 3 is 2.71 bits per heavy atom. The Kier molecular flexibility index (Phi) is 6.30. The van der Waals surface area contributed by atoms with E-state index in [4.69, 9.17) is 10.6 Å². The van der Waals surface area contributed by atoms with Gasteiger partial charge in [-0.25, -0.2) is 19.7 Å². The number of carbonyl (C=O) groups excluding carboxylic acids is 1. The third kappa shape index (κ3) is 4.81. The molecule has 5 heterocycles. The number of pyridine rings is 1. The number of nitrogens with two attached hydrogens (primary N) is 1. The van der Waals surface area contributed by atoms with Gasteiger partial charge in [0.1, 0.15) is 11.3 Å². The predicted octanol–water partition coefficient (Wildman–Crippen LogP) is 1.49. The molecule has 2 fully saturated rings. The molecule has 1 amide bonds. The van der Waals surface area contributed by atoms with Crippen molar-refractivity contribution in [2.45, 2.75) is 13.0 Å². The minimum Gasteiger partial charge on any atom is -0.368 e. The monoisotopic (exact) mass is 484 g/mol. The van der Waals surface area contributed by atoms with Crippen LogP contribution in [0.4, 0.5) is 28.1 Å². The van der Waals surface area contributed by atoms with Gasteiger partial charge < -0.3 is 25.3 Å². The van der Waals surface area contributed by atoms with Gasteiger partial charge in [0.15, 0.2) is 10.6 Å². The number of thiazole rings is 1. The smallest absolute Gasteiger partial charge is 0.368 e. The molecule has 0 spiro atoms. The van der Waals surface area contributed by atoms with Crippen LogP contribution in [0.15, 0.2) is 23.8 Å². The van der Waals surface area contributed by atoms with E-state index in [1.165, 1.54) is 11.3 Å². The second-order valence-corrected chi connectivity index (χ2v) is 9.37. The molecular weight excluding hydrogens is 456 g/mol. The average molecular weight is 485 g/mol. The molecule has 2 aliphatic heterocycles. The fourth-order valence-corrected chi connectivity index (χ4v) is 4.90. The number of fused-ring (bicyclic) bond motifs is 1. The number of nitrogen functional groups attached to an aromatic ring is 1. The maximum absolute atomic E-state index is 12.5. The van der Waals surface area contributed by atoms with Gasteiger partial charge in [0, 0.05) is 38.8 Å². The Morgan fingerprint density at radius 2 is 1.97 bits per heavy atom. The molecule has 1 atom stereocenters. The highest BCUT2D eigenvalue weighted by Crippen LogP contribution is 2.28. The Hall–Kier alpha value is -3.29. The molecule has 0 aromatic carbocycles. The van der Waals surface area contributed by atoms with Crippen LogP contribution in [0.25, 0.3) is 10.3 Å². The SMILES string of the molecule is C[C@H]1CN(OC(=O)Nc2ccc(N3CCN(C)CC3)cn2)CCN1c1nc(N)nc2scnc12. The van der Waals surface area contributed by atoms with Crippen LogP contribution in [-0.4, -0.2) is 94.9 Å². The Morgan fingerprint density at radius 1 is 1.15 bits per heavy atom. The van der Waals surface area contributed by atoms with Crippen molar-refractivity contribution in [3.63, 3.8) is 0 Å². The number of piperazine rings is 2. The molecule has 0 unspecified atom stereocenters. The highest BCUT2D eigenvalue weighted by molar-refractivity contribution is 7.16. The molecule has 3 N–H and O–H groups in total. The van der Waals surface area contributed by atoms with Gasteiger partial charge in [0.05, 0.1) is 30.5 Å². The quantitative estimate of drug-likeness (QED) is 0.559. The highest BCUT2D eigenvalue weighted by Gasteiger charge is 2.29. The van der Waals surface area contributed by atoms with E-state index in [0.29, 0.717) is 31.3 Å². The predicted molar refractivity (Wildman–Crippen MR) is 132 cm³/mol. The lowest BCUT2D eigenvalue weighted by atomic mass is 10.2. The number of anilines is 4. The molecule has 3 aromatic rings. The Balaban J connectivity index is 1.15. The van der Waals surface area contributed by atoms with Crippen LogP contribution < -0.4 is 20.9 Å². The summed E-state index contributed by atoms with van der Waals surface area (Å²) in [5.74, 6) is 1.39. The summed E-state index contributed by atoms with van der Waals surface area (Å²) in [5.41, 5.74) is 9.42. The molecule has 12 nitrogen and oxygen atoms in total. The van der Waals surface area contributed by atoms with Gasteiger partial charge in [-0.1, -0.05) is 0 Å². The minimum absolute atomic E-state index is 0.0294. The maximum atomic E-state index is 12.5. The summed E-state index contributed by atoms with van der Waals surface area (Å²) < 4.78 is 0. The second kappa shape index (κ2) is 9.52. The third-order valence-corrected chi connectivity index (χ3v) is 6.84. The number of likely N-dealkylation sites (N-methyl/N-ethyl adjacent to an activating group) is 1. The van der Waals surface area contributed by atoms with Crippen LogP contribution in [0.2, 0.25) is 0 Å². The lowest BCUT2D eigenvalue weighted by Gasteiger charge is -2.39. The van der Waals surface area contributed by atoms with E-state index in [9.17, 15) is 4.79 Å². The molecule has 34 heavy (non-hydrogen) atoms. The van der Waals surface area contributed by atoms with Gasteiger partial charge in [-0.15, -0.1) is 16.4 Å². The van der Waals surface area contributed by atoms with Crippen molar-refractivity contribution in [2.75, 3.05) is 73.7 Å². The normalized spacial score (nSPS) is 20.0. The van der Waals surface area contributed by atoms with Crippen molar-refractivity contribution >= 4 is 51.0 Å². The van der Waals surface area contributed by atoms with Gasteiger partial charge in [-0.2, -0.15) is 4.98 Å². The van der Waals surface area contributed by atoms with E-state index < -0.39 is 6.09 Å². The van der Waals surface area contributed by atoms with Gasteiger partial charge >= 0.3 is 6.09 Å². The first-order chi connectivity index (χ1) is 16.5. The largest absolute Gasteiger partial charge is 0.431 e. The molecule has 3 aromatic heterocycles. The van der Waals surface area contributed by atoms with E-state index in [-0.39, 0.29) is 12.0 Å². The van der Waals surface area contributed by atoms with E-state index in [1.807, 2.05) is 13.0 Å². The van der Waals surface area contributed by atoms with Crippen LogP contribution in [0, 0.1) is 0 Å². The number of rotatable bonds is 4. The summed E-state index contributed by atoms with van der Waals surface area (Å²) in [7, 11) is 2.13. The molecule has 0 radical (unpaired) electrons. The number of hydrogen-bond donors (Lipinski definition) is 2. The molecule has 5 rings (SSSR count). The van der Waals surface area contributed by atoms with Gasteiger partial charge in [-0.05, 0) is 26.1 Å². The number of aromatic nitrogens is 4. The average Bonchev–Trinajstić information content (AvgIpc) is 3.28. The summed E-state index contributed by atoms with van der Waals surface area (Å²) >= 11 is 1.43. The fourth-order valence-electron chi connectivity index (χ4n) is 4.24. The highest BCUT2D eigenvalue weighted by atomic mass is 32.1. The van der Waals surface area contributed by atoms with E-state index >= 15 is 0 Å². The van der Waals surface area contributed by atoms with Crippen LogP contribution >= 0.6 is 11.3 Å². The van der Waals surface area contributed by atoms with Crippen molar-refractivity contribution in [1.82, 2.24) is 29.9 Å². The fraction of sp³-hybridized carbons (Fsp3) is 0.476. The summed E-state index contributed by atoms with van der Waals surface area (Å²) in [6, 6.07) is 3.80. The topological polar surface area (TPSA) is 129 Å². The van der Waals surface area contributed by atoms with Gasteiger partial charge in [-0.3, -0.25) is 5.32 Å². The first-order valence-corrected chi connectivity index (χ1v) is 12.1. The lowest BCUT2D eigenvalue weighted by molar-refractivity contribution is -0.103. The molecule has 180 valence electrons. The van der Waals surface area contributed by atoms with Crippen LogP contribution in [0.1, 0.15) is 6.92 Å². The van der Waals surface area contributed by atoms with Gasteiger partial charge in [0.2, 0.25) is 5.95 Å². The lowest BCUT2D eigenvalue weighted by Crippen LogP contribution is -2.53. The number of carbonyl (C=O) groups is 1. The van der Waals surface area contributed by atoms with Crippen molar-refractivity contribution in [3.05, 3.63) is 23.8 Å². The molecule has 2 aliphatic rings. The van der Waals surface area contributed by atoms with Crippen LogP contribution in [0.3, 0.4) is 0 Å². The number of hydroxylamine groups is 2. The van der Waals surface area contributed by atoms with Crippen molar-refractivity contribution in [1.29, 1.82) is 0 Å².